The van der Waals surface area contributed by atoms with E-state index in [0.29, 0.717) is 5.69 Å². The average Bonchev–Trinajstić information content (AvgIpc) is 2.54. The number of carbonyl (C=O) groups excluding carboxylic acids is 2. The Morgan fingerprint density at radius 1 is 1.09 bits per heavy atom. The van der Waals surface area contributed by atoms with E-state index in [9.17, 15) is 9.59 Å². The maximum absolute atomic E-state index is 11.8. The standard InChI is InChI=1S/C17H18N2O3/c1-12(13-7-3-2-4-8-13)19-16(20)11-22-17(21)14-9-5-6-10-15(14)18/h2-10,12H,11,18H2,1H3,(H,19,20)/t12-/m0/s1. The monoisotopic (exact) mass is 298 g/mol. The molecule has 5 nitrogen and oxygen atoms in total. The van der Waals surface area contributed by atoms with E-state index in [-0.39, 0.29) is 24.1 Å². The second kappa shape index (κ2) is 7.26. The van der Waals surface area contributed by atoms with Crippen molar-refractivity contribution in [3.8, 4) is 0 Å². The fourth-order valence-electron chi connectivity index (χ4n) is 2.00. The van der Waals surface area contributed by atoms with Crippen LogP contribution in [-0.4, -0.2) is 18.5 Å². The van der Waals surface area contributed by atoms with Gasteiger partial charge in [-0.2, -0.15) is 0 Å². The van der Waals surface area contributed by atoms with Crippen molar-refractivity contribution in [2.45, 2.75) is 13.0 Å². The van der Waals surface area contributed by atoms with Crippen LogP contribution in [0, 0.1) is 0 Å². The van der Waals surface area contributed by atoms with Crippen LogP contribution < -0.4 is 11.1 Å². The summed E-state index contributed by atoms with van der Waals surface area (Å²) in [7, 11) is 0. The number of rotatable bonds is 5. The zero-order chi connectivity index (χ0) is 15.9. The number of nitrogens with two attached hydrogens (primary N) is 1. The maximum atomic E-state index is 11.8. The zero-order valence-electron chi connectivity index (χ0n) is 12.3. The van der Waals surface area contributed by atoms with Gasteiger partial charge in [0.1, 0.15) is 0 Å². The summed E-state index contributed by atoms with van der Waals surface area (Å²) in [5.41, 5.74) is 7.24. The van der Waals surface area contributed by atoms with Crippen molar-refractivity contribution in [1.82, 2.24) is 5.32 Å². The van der Waals surface area contributed by atoms with Crippen LogP contribution in [0.2, 0.25) is 0 Å². The van der Waals surface area contributed by atoms with Crippen LogP contribution in [0.3, 0.4) is 0 Å². The maximum Gasteiger partial charge on any atom is 0.340 e. The molecule has 0 bridgehead atoms. The highest BCUT2D eigenvalue weighted by atomic mass is 16.5. The van der Waals surface area contributed by atoms with Gasteiger partial charge in [0.25, 0.3) is 5.91 Å². The molecule has 0 heterocycles. The number of para-hydroxylation sites is 1. The van der Waals surface area contributed by atoms with Gasteiger partial charge in [-0.3, -0.25) is 4.79 Å². The van der Waals surface area contributed by atoms with E-state index >= 15 is 0 Å². The van der Waals surface area contributed by atoms with Crippen molar-refractivity contribution >= 4 is 17.6 Å². The summed E-state index contributed by atoms with van der Waals surface area (Å²) in [6.07, 6.45) is 0. The van der Waals surface area contributed by atoms with Gasteiger partial charge in [-0.25, -0.2) is 4.79 Å². The summed E-state index contributed by atoms with van der Waals surface area (Å²) in [6, 6.07) is 16.0. The number of amides is 1. The molecule has 0 aliphatic heterocycles. The summed E-state index contributed by atoms with van der Waals surface area (Å²) < 4.78 is 4.98. The van der Waals surface area contributed by atoms with Crippen LogP contribution >= 0.6 is 0 Å². The Hall–Kier alpha value is -2.82. The van der Waals surface area contributed by atoms with E-state index in [1.165, 1.54) is 0 Å². The molecule has 0 spiro atoms. The number of ether oxygens (including phenoxy) is 1. The minimum atomic E-state index is -0.611. The molecule has 0 aliphatic rings. The molecule has 114 valence electrons. The summed E-state index contributed by atoms with van der Waals surface area (Å²) in [5.74, 6) is -0.972. The Balaban J connectivity index is 1.85. The summed E-state index contributed by atoms with van der Waals surface area (Å²) >= 11 is 0. The fraction of sp³-hybridized carbons (Fsp3) is 0.176. The van der Waals surface area contributed by atoms with Gasteiger partial charge in [-0.1, -0.05) is 42.5 Å². The summed E-state index contributed by atoms with van der Waals surface area (Å²) in [5, 5.41) is 2.77. The Morgan fingerprint density at radius 2 is 1.73 bits per heavy atom. The molecular formula is C17H18N2O3. The third-order valence-electron chi connectivity index (χ3n) is 3.19. The largest absolute Gasteiger partial charge is 0.452 e. The van der Waals surface area contributed by atoms with Crippen LogP contribution in [0.4, 0.5) is 5.69 Å². The molecule has 2 aromatic rings. The number of nitrogen functional groups attached to an aromatic ring is 1. The molecule has 1 atom stereocenters. The van der Waals surface area contributed by atoms with E-state index in [1.807, 2.05) is 37.3 Å². The molecule has 3 N–H and O–H groups in total. The van der Waals surface area contributed by atoms with Gasteiger partial charge >= 0.3 is 5.97 Å². The number of hydrogen-bond donors (Lipinski definition) is 2. The Morgan fingerprint density at radius 3 is 2.41 bits per heavy atom. The summed E-state index contributed by atoms with van der Waals surface area (Å²) in [6.45, 7) is 1.52. The quantitative estimate of drug-likeness (QED) is 0.655. The third kappa shape index (κ3) is 4.09. The van der Waals surface area contributed by atoms with Gasteiger partial charge in [0.05, 0.1) is 11.6 Å². The second-order valence-electron chi connectivity index (χ2n) is 4.86. The summed E-state index contributed by atoms with van der Waals surface area (Å²) in [4.78, 5) is 23.7. The highest BCUT2D eigenvalue weighted by Gasteiger charge is 2.14. The zero-order valence-corrected chi connectivity index (χ0v) is 12.3. The number of anilines is 1. The number of benzene rings is 2. The molecule has 2 rings (SSSR count). The highest BCUT2D eigenvalue weighted by molar-refractivity contribution is 5.96. The SMILES string of the molecule is C[C@H](NC(=O)COC(=O)c1ccccc1N)c1ccccc1. The van der Waals surface area contributed by atoms with Crippen molar-refractivity contribution in [1.29, 1.82) is 0 Å². The Labute approximate surface area is 129 Å². The third-order valence-corrected chi connectivity index (χ3v) is 3.19. The number of nitrogens with one attached hydrogen (secondary N) is 1. The molecule has 0 radical (unpaired) electrons. The molecule has 0 unspecified atom stereocenters. The van der Waals surface area contributed by atoms with Crippen LogP contribution in [-0.2, 0) is 9.53 Å². The van der Waals surface area contributed by atoms with E-state index in [4.69, 9.17) is 10.5 Å². The van der Waals surface area contributed by atoms with Crippen molar-refractivity contribution in [3.05, 3.63) is 65.7 Å². The van der Waals surface area contributed by atoms with Crippen LogP contribution in [0.5, 0.6) is 0 Å². The molecule has 0 aromatic heterocycles. The van der Waals surface area contributed by atoms with Gasteiger partial charge < -0.3 is 15.8 Å². The molecule has 0 saturated heterocycles. The van der Waals surface area contributed by atoms with Gasteiger partial charge in [-0.15, -0.1) is 0 Å². The van der Waals surface area contributed by atoms with Crippen molar-refractivity contribution in [3.63, 3.8) is 0 Å². The first-order chi connectivity index (χ1) is 10.6. The number of hydrogen-bond acceptors (Lipinski definition) is 4. The molecule has 2 aromatic carbocycles. The predicted molar refractivity (Wildman–Crippen MR) is 84.1 cm³/mol. The van der Waals surface area contributed by atoms with Crippen LogP contribution in [0.25, 0.3) is 0 Å². The molecule has 5 heteroatoms. The topological polar surface area (TPSA) is 81.4 Å². The molecule has 1 amide bonds. The van der Waals surface area contributed by atoms with E-state index in [0.717, 1.165) is 5.56 Å². The van der Waals surface area contributed by atoms with E-state index in [1.54, 1.807) is 24.3 Å². The lowest BCUT2D eigenvalue weighted by atomic mass is 10.1. The first-order valence-electron chi connectivity index (χ1n) is 6.94. The van der Waals surface area contributed by atoms with E-state index in [2.05, 4.69) is 5.32 Å². The Kier molecular flexibility index (Phi) is 5.14. The molecule has 0 fully saturated rings. The Bertz CT molecular complexity index is 656. The molecule has 22 heavy (non-hydrogen) atoms. The number of carbonyl (C=O) groups is 2. The van der Waals surface area contributed by atoms with Gasteiger partial charge in [0, 0.05) is 5.69 Å². The van der Waals surface area contributed by atoms with Gasteiger partial charge in [-0.05, 0) is 24.6 Å². The normalized spacial score (nSPS) is 11.5. The first kappa shape index (κ1) is 15.6. The second-order valence-corrected chi connectivity index (χ2v) is 4.86. The van der Waals surface area contributed by atoms with Crippen molar-refractivity contribution in [2.75, 3.05) is 12.3 Å². The van der Waals surface area contributed by atoms with Crippen molar-refractivity contribution < 1.29 is 14.3 Å². The minimum absolute atomic E-state index is 0.158. The van der Waals surface area contributed by atoms with Gasteiger partial charge in [0.2, 0.25) is 0 Å². The highest BCUT2D eigenvalue weighted by Crippen LogP contribution is 2.12. The van der Waals surface area contributed by atoms with Gasteiger partial charge in [0.15, 0.2) is 6.61 Å². The fourth-order valence-corrected chi connectivity index (χ4v) is 2.00. The predicted octanol–water partition coefficient (Wildman–Crippen LogP) is 2.30. The first-order valence-corrected chi connectivity index (χ1v) is 6.94. The number of esters is 1. The lowest BCUT2D eigenvalue weighted by molar-refractivity contribution is -0.124. The smallest absolute Gasteiger partial charge is 0.340 e. The lowest BCUT2D eigenvalue weighted by Gasteiger charge is -2.14. The lowest BCUT2D eigenvalue weighted by Crippen LogP contribution is -2.31. The van der Waals surface area contributed by atoms with Crippen LogP contribution in [0.1, 0.15) is 28.9 Å². The van der Waals surface area contributed by atoms with E-state index < -0.39 is 5.97 Å². The van der Waals surface area contributed by atoms with Crippen LogP contribution in [0.15, 0.2) is 54.6 Å². The average molecular weight is 298 g/mol. The molecular weight excluding hydrogens is 280 g/mol. The minimum Gasteiger partial charge on any atom is -0.452 e. The van der Waals surface area contributed by atoms with Crippen molar-refractivity contribution in [2.24, 2.45) is 0 Å². The molecule has 0 saturated carbocycles. The molecule has 0 aliphatic carbocycles.